The Hall–Kier alpha value is -1.33. The summed E-state index contributed by atoms with van der Waals surface area (Å²) in [4.78, 5) is 4.39. The number of aromatic nitrogens is 3. The van der Waals surface area contributed by atoms with E-state index in [1.165, 1.54) is 11.3 Å². The van der Waals surface area contributed by atoms with Gasteiger partial charge < -0.3 is 0 Å². The summed E-state index contributed by atoms with van der Waals surface area (Å²) in [6.45, 7) is 0. The molecule has 0 N–H and O–H groups in total. The minimum absolute atomic E-state index is 0.788. The Kier molecular flexibility index (Phi) is 2.41. The van der Waals surface area contributed by atoms with E-state index in [-0.39, 0.29) is 0 Å². The molecule has 5 heteroatoms. The summed E-state index contributed by atoms with van der Waals surface area (Å²) < 4.78 is 0.788. The van der Waals surface area contributed by atoms with E-state index in [0.29, 0.717) is 0 Å². The van der Waals surface area contributed by atoms with Gasteiger partial charge in [0.2, 0.25) is 0 Å². The second kappa shape index (κ2) is 3.92. The minimum atomic E-state index is 0.788. The zero-order valence-electron chi connectivity index (χ0n) is 8.09. The van der Waals surface area contributed by atoms with Gasteiger partial charge in [-0.15, -0.1) is 10.2 Å². The van der Waals surface area contributed by atoms with Gasteiger partial charge >= 0.3 is 0 Å². The predicted octanol–water partition coefficient (Wildman–Crippen LogP) is 3.52. The smallest absolute Gasteiger partial charge is 0.183 e. The van der Waals surface area contributed by atoms with Gasteiger partial charge in [-0.25, -0.2) is 0 Å². The van der Waals surface area contributed by atoms with Gasteiger partial charge in [0, 0.05) is 17.1 Å². The Morgan fingerprint density at radius 2 is 2.00 bits per heavy atom. The van der Waals surface area contributed by atoms with Crippen molar-refractivity contribution in [3.05, 3.63) is 40.4 Å². The molecule has 0 fully saturated rings. The van der Waals surface area contributed by atoms with Crippen molar-refractivity contribution < 1.29 is 0 Å². The molecular formula is C11H6BrN3S. The highest BCUT2D eigenvalue weighted by atomic mass is 79.9. The highest BCUT2D eigenvalue weighted by Gasteiger charge is 2.05. The van der Waals surface area contributed by atoms with Gasteiger partial charge in [-0.3, -0.25) is 4.98 Å². The number of halogens is 1. The van der Waals surface area contributed by atoms with Crippen LogP contribution in [0.3, 0.4) is 0 Å². The first-order valence-electron chi connectivity index (χ1n) is 4.67. The lowest BCUT2D eigenvalue weighted by Crippen LogP contribution is -1.82. The molecule has 3 nitrogen and oxygen atoms in total. The monoisotopic (exact) mass is 291 g/mol. The number of para-hydroxylation sites is 1. The highest BCUT2D eigenvalue weighted by molar-refractivity contribution is 9.11. The molecule has 0 atom stereocenters. The standard InChI is InChI=1S/C11H6BrN3S/c12-11-15-14-10(16-11)8-5-7-3-1-2-4-9(7)13-6-8/h1-6H. The van der Waals surface area contributed by atoms with E-state index in [1.807, 2.05) is 30.5 Å². The molecule has 16 heavy (non-hydrogen) atoms. The summed E-state index contributed by atoms with van der Waals surface area (Å²) >= 11 is 4.81. The number of hydrogen-bond donors (Lipinski definition) is 0. The van der Waals surface area contributed by atoms with E-state index < -0.39 is 0 Å². The van der Waals surface area contributed by atoms with Crippen LogP contribution in [-0.4, -0.2) is 15.2 Å². The molecule has 0 aliphatic heterocycles. The molecule has 2 heterocycles. The van der Waals surface area contributed by atoms with Crippen molar-refractivity contribution in [2.24, 2.45) is 0 Å². The topological polar surface area (TPSA) is 38.7 Å². The molecule has 0 unspecified atom stereocenters. The molecule has 0 saturated heterocycles. The maximum Gasteiger partial charge on any atom is 0.183 e. The van der Waals surface area contributed by atoms with Crippen LogP contribution in [0.15, 0.2) is 40.4 Å². The summed E-state index contributed by atoms with van der Waals surface area (Å²) in [5, 5.41) is 10.0. The van der Waals surface area contributed by atoms with Crippen LogP contribution in [0.1, 0.15) is 0 Å². The number of benzene rings is 1. The second-order valence-electron chi connectivity index (χ2n) is 3.28. The number of fused-ring (bicyclic) bond motifs is 1. The normalized spacial score (nSPS) is 10.8. The maximum atomic E-state index is 4.39. The van der Waals surface area contributed by atoms with Crippen LogP contribution < -0.4 is 0 Å². The fourth-order valence-corrected chi connectivity index (χ4v) is 2.60. The SMILES string of the molecule is Brc1nnc(-c2cnc3ccccc3c2)s1. The molecule has 2 aromatic heterocycles. The number of rotatable bonds is 1. The third kappa shape index (κ3) is 1.72. The first kappa shape index (κ1) is 9.86. The molecule has 0 radical (unpaired) electrons. The summed E-state index contributed by atoms with van der Waals surface area (Å²) in [6, 6.07) is 10.1. The van der Waals surface area contributed by atoms with Gasteiger partial charge in [0.25, 0.3) is 0 Å². The first-order chi connectivity index (χ1) is 7.83. The van der Waals surface area contributed by atoms with E-state index in [4.69, 9.17) is 0 Å². The Balaban J connectivity index is 2.18. The van der Waals surface area contributed by atoms with Crippen molar-refractivity contribution in [2.75, 3.05) is 0 Å². The number of nitrogens with zero attached hydrogens (tertiary/aromatic N) is 3. The van der Waals surface area contributed by atoms with Gasteiger partial charge in [-0.2, -0.15) is 0 Å². The van der Waals surface area contributed by atoms with Crippen molar-refractivity contribution in [2.45, 2.75) is 0 Å². The van der Waals surface area contributed by atoms with Gasteiger partial charge in [0.05, 0.1) is 5.52 Å². The predicted molar refractivity (Wildman–Crippen MR) is 68.3 cm³/mol. The molecule has 0 bridgehead atoms. The molecule has 1 aromatic carbocycles. The Bertz CT molecular complexity index is 650. The molecule has 0 aliphatic rings. The van der Waals surface area contributed by atoms with E-state index in [9.17, 15) is 0 Å². The second-order valence-corrected chi connectivity index (χ2v) is 5.53. The van der Waals surface area contributed by atoms with Crippen LogP contribution in [0.25, 0.3) is 21.5 Å². The van der Waals surface area contributed by atoms with Crippen LogP contribution in [0.4, 0.5) is 0 Å². The van der Waals surface area contributed by atoms with Crippen molar-refractivity contribution in [1.82, 2.24) is 15.2 Å². The van der Waals surface area contributed by atoms with E-state index in [2.05, 4.69) is 37.2 Å². The summed E-state index contributed by atoms with van der Waals surface area (Å²) in [5.74, 6) is 0. The van der Waals surface area contributed by atoms with E-state index >= 15 is 0 Å². The molecule has 0 amide bonds. The van der Waals surface area contributed by atoms with Gasteiger partial charge in [0.15, 0.2) is 3.92 Å². The van der Waals surface area contributed by atoms with Gasteiger partial charge in [0.1, 0.15) is 5.01 Å². The first-order valence-corrected chi connectivity index (χ1v) is 6.28. The Morgan fingerprint density at radius 3 is 2.81 bits per heavy atom. The summed E-state index contributed by atoms with van der Waals surface area (Å²) in [6.07, 6.45) is 1.83. The highest BCUT2D eigenvalue weighted by Crippen LogP contribution is 2.27. The van der Waals surface area contributed by atoms with Crippen LogP contribution in [0.2, 0.25) is 0 Å². The molecule has 0 saturated carbocycles. The third-order valence-electron chi connectivity index (χ3n) is 2.24. The fraction of sp³-hybridized carbons (Fsp3) is 0. The number of pyridine rings is 1. The quantitative estimate of drug-likeness (QED) is 0.689. The van der Waals surface area contributed by atoms with Crippen molar-refractivity contribution in [1.29, 1.82) is 0 Å². The van der Waals surface area contributed by atoms with Crippen LogP contribution >= 0.6 is 27.3 Å². The zero-order valence-corrected chi connectivity index (χ0v) is 10.5. The molecule has 0 aliphatic carbocycles. The average molecular weight is 292 g/mol. The molecule has 0 spiro atoms. The average Bonchev–Trinajstić information content (AvgIpc) is 2.75. The van der Waals surface area contributed by atoms with Gasteiger partial charge in [-0.05, 0) is 28.1 Å². The maximum absolute atomic E-state index is 4.39. The van der Waals surface area contributed by atoms with Crippen molar-refractivity contribution in [3.63, 3.8) is 0 Å². The van der Waals surface area contributed by atoms with Crippen LogP contribution in [0, 0.1) is 0 Å². The lowest BCUT2D eigenvalue weighted by Gasteiger charge is -1.98. The van der Waals surface area contributed by atoms with E-state index in [1.54, 1.807) is 0 Å². The Morgan fingerprint density at radius 1 is 1.12 bits per heavy atom. The zero-order chi connectivity index (χ0) is 11.0. The third-order valence-corrected chi connectivity index (χ3v) is 3.64. The Labute approximate surface area is 104 Å². The fourth-order valence-electron chi connectivity index (χ4n) is 1.51. The summed E-state index contributed by atoms with van der Waals surface area (Å²) in [7, 11) is 0. The van der Waals surface area contributed by atoms with E-state index in [0.717, 1.165) is 25.4 Å². The lowest BCUT2D eigenvalue weighted by atomic mass is 10.2. The lowest BCUT2D eigenvalue weighted by molar-refractivity contribution is 1.07. The molecular weight excluding hydrogens is 286 g/mol. The summed E-state index contributed by atoms with van der Waals surface area (Å²) in [5.41, 5.74) is 2.00. The largest absolute Gasteiger partial charge is 0.256 e. The molecule has 78 valence electrons. The van der Waals surface area contributed by atoms with Crippen LogP contribution in [-0.2, 0) is 0 Å². The van der Waals surface area contributed by atoms with Crippen LogP contribution in [0.5, 0.6) is 0 Å². The van der Waals surface area contributed by atoms with Crippen molar-refractivity contribution >= 4 is 38.2 Å². The van der Waals surface area contributed by atoms with Crippen molar-refractivity contribution in [3.8, 4) is 10.6 Å². The molecule has 3 aromatic rings. The molecule has 3 rings (SSSR count). The minimum Gasteiger partial charge on any atom is -0.256 e. The van der Waals surface area contributed by atoms with Gasteiger partial charge in [-0.1, -0.05) is 29.5 Å². The number of hydrogen-bond acceptors (Lipinski definition) is 4.